The molecular formula is C46H70FNO16. The minimum Gasteiger partial charge on any atom is -0.481 e. The summed E-state index contributed by atoms with van der Waals surface area (Å²) in [5, 5.41) is 107. The summed E-state index contributed by atoms with van der Waals surface area (Å²) in [6, 6.07) is -1.37. The summed E-state index contributed by atoms with van der Waals surface area (Å²) < 4.78 is 38.1. The van der Waals surface area contributed by atoms with Gasteiger partial charge in [0.25, 0.3) is 0 Å². The molecule has 0 amide bonds. The molecule has 2 fully saturated rings. The van der Waals surface area contributed by atoms with Crippen molar-refractivity contribution in [1.82, 2.24) is 0 Å². The SMILES string of the molecule is C[C@H]1C[C@H](O)[C@@H](C)/C=C/C=C/C=C/C=C/C=C/C=C/C=C/C(OC2O[C@H](C)[C@@H](O)[C@H](N)[C@H]2F)C[C@@H]2OC(O)(CC(O)CC(O)C(O)CCC(O)CC(O)CC(=O)O1)C[C@H](O)C2C(=O)O. The number of aliphatic hydroxyl groups excluding tert-OH is 8. The minimum atomic E-state index is -2.35. The molecule has 64 heavy (non-hydrogen) atoms. The number of carbonyl (C=O) groups excluding carboxylic acids is 1. The van der Waals surface area contributed by atoms with Gasteiger partial charge in [-0.05, 0) is 33.1 Å². The number of ether oxygens (including phenoxy) is 4. The number of cyclic esters (lactones) is 1. The van der Waals surface area contributed by atoms with Crippen molar-refractivity contribution in [3.05, 3.63) is 85.1 Å². The summed E-state index contributed by atoms with van der Waals surface area (Å²) >= 11 is 0. The van der Waals surface area contributed by atoms with Crippen molar-refractivity contribution < 1.29 is 84.0 Å². The highest BCUT2D eigenvalue weighted by Gasteiger charge is 2.51. The van der Waals surface area contributed by atoms with E-state index < -0.39 is 141 Å². The molecule has 3 aliphatic rings. The maximum absolute atomic E-state index is 15.3. The number of alkyl halides is 1. The summed E-state index contributed by atoms with van der Waals surface area (Å²) in [5.41, 5.74) is 5.89. The molecular weight excluding hydrogens is 841 g/mol. The lowest BCUT2D eigenvalue weighted by Crippen LogP contribution is -2.60. The number of nitrogens with two attached hydrogens (primary N) is 1. The maximum atomic E-state index is 15.3. The van der Waals surface area contributed by atoms with Gasteiger partial charge in [-0.2, -0.15) is 0 Å². The molecule has 18 heteroatoms. The number of fused-ring (bicyclic) bond motifs is 2. The fraction of sp³-hybridized carbons (Fsp3) is 0.652. The van der Waals surface area contributed by atoms with Gasteiger partial charge in [0.1, 0.15) is 12.0 Å². The monoisotopic (exact) mass is 911 g/mol. The standard InChI is InChI=1S/C46H70FNO16/c1-27-16-14-12-10-8-6-4-5-7-9-11-13-15-17-33(63-45-41(47)42(48)43(57)29(3)62-45)24-38-40(44(58)59)37(55)26-46(60,64-38)25-32(51)22-36(54)34(52)19-18-30(49)21-31(50)23-39(56)61-28(2)20-35(27)53/h4-17,27-38,40-43,45,49-55,57,60H,18-26,48H2,1-3H3,(H,58,59)/b5-4+,8-6+,9-7+,12-10+,13-11+,16-14+,17-15+/t27-,28-,29+,30?,31?,32?,33?,34?,35-,36?,37-,38-,40?,41+,42+,43+,45?,46?/m0/s1. The van der Waals surface area contributed by atoms with Gasteiger partial charge in [0.2, 0.25) is 0 Å². The van der Waals surface area contributed by atoms with Gasteiger partial charge in [0.05, 0.1) is 79.6 Å². The van der Waals surface area contributed by atoms with Crippen molar-refractivity contribution in [2.24, 2.45) is 17.6 Å². The van der Waals surface area contributed by atoms with Crippen LogP contribution in [0.1, 0.15) is 78.6 Å². The third-order valence-electron chi connectivity index (χ3n) is 11.4. The second-order valence-corrected chi connectivity index (χ2v) is 17.1. The maximum Gasteiger partial charge on any atom is 0.311 e. The number of allylic oxidation sites excluding steroid dienone is 12. The third kappa shape index (κ3) is 18.8. The molecule has 9 unspecified atom stereocenters. The highest BCUT2D eigenvalue weighted by atomic mass is 19.1. The normalized spacial score (nSPS) is 44.8. The van der Waals surface area contributed by atoms with E-state index >= 15 is 4.39 Å². The zero-order valence-corrected chi connectivity index (χ0v) is 36.6. The lowest BCUT2D eigenvalue weighted by atomic mass is 9.82. The van der Waals surface area contributed by atoms with Crippen molar-refractivity contribution >= 4 is 11.9 Å². The number of rotatable bonds is 3. The van der Waals surface area contributed by atoms with Gasteiger partial charge in [-0.25, -0.2) is 4.39 Å². The van der Waals surface area contributed by atoms with Gasteiger partial charge in [0.15, 0.2) is 18.2 Å². The number of esters is 1. The number of carbonyl (C=O) groups is 2. The van der Waals surface area contributed by atoms with E-state index in [1.54, 1.807) is 79.8 Å². The van der Waals surface area contributed by atoms with Crippen LogP contribution in [0.4, 0.5) is 4.39 Å². The largest absolute Gasteiger partial charge is 0.481 e. The molecule has 362 valence electrons. The van der Waals surface area contributed by atoms with E-state index in [4.69, 9.17) is 24.7 Å². The number of aliphatic carboxylic acids is 1. The Labute approximate surface area is 374 Å². The van der Waals surface area contributed by atoms with Crippen LogP contribution in [0, 0.1) is 11.8 Å². The first-order chi connectivity index (χ1) is 30.2. The first-order valence-corrected chi connectivity index (χ1v) is 21.9. The van der Waals surface area contributed by atoms with Gasteiger partial charge in [-0.1, -0.05) is 92.0 Å². The van der Waals surface area contributed by atoms with Crippen molar-refractivity contribution in [3.63, 3.8) is 0 Å². The van der Waals surface area contributed by atoms with Crippen LogP contribution >= 0.6 is 0 Å². The van der Waals surface area contributed by atoms with Crippen LogP contribution in [0.2, 0.25) is 0 Å². The molecule has 0 saturated carbocycles. The number of halogens is 1. The Morgan fingerprint density at radius 1 is 0.719 bits per heavy atom. The Kier molecular flexibility index (Phi) is 23.3. The molecule has 3 rings (SSSR count). The van der Waals surface area contributed by atoms with E-state index in [0.29, 0.717) is 0 Å². The summed E-state index contributed by atoms with van der Waals surface area (Å²) in [6.45, 7) is 4.91. The van der Waals surface area contributed by atoms with Gasteiger partial charge < -0.3 is 75.7 Å². The van der Waals surface area contributed by atoms with Crippen LogP contribution in [0.5, 0.6) is 0 Å². The Morgan fingerprint density at radius 2 is 1.30 bits per heavy atom. The summed E-state index contributed by atoms with van der Waals surface area (Å²) in [5.74, 6) is -6.44. The topological polar surface area (TPSA) is 299 Å². The number of hydrogen-bond acceptors (Lipinski definition) is 16. The smallest absolute Gasteiger partial charge is 0.311 e. The number of carboxylic acid groups (broad SMARTS) is 1. The van der Waals surface area contributed by atoms with Gasteiger partial charge in [-0.3, -0.25) is 9.59 Å². The third-order valence-corrected chi connectivity index (χ3v) is 11.4. The highest BCUT2D eigenvalue weighted by Crippen LogP contribution is 2.38. The average Bonchev–Trinajstić information content (AvgIpc) is 3.19. The van der Waals surface area contributed by atoms with Crippen molar-refractivity contribution in [1.29, 1.82) is 0 Å². The molecule has 3 heterocycles. The molecule has 12 N–H and O–H groups in total. The molecule has 2 bridgehead atoms. The molecule has 0 aliphatic carbocycles. The van der Waals surface area contributed by atoms with E-state index in [2.05, 4.69) is 0 Å². The van der Waals surface area contributed by atoms with Crippen LogP contribution in [-0.2, 0) is 28.5 Å². The van der Waals surface area contributed by atoms with Gasteiger partial charge in [0, 0.05) is 38.0 Å². The second-order valence-electron chi connectivity index (χ2n) is 17.1. The van der Waals surface area contributed by atoms with E-state index in [1.165, 1.54) is 19.1 Å². The minimum absolute atomic E-state index is 0.112. The van der Waals surface area contributed by atoms with Crippen LogP contribution in [0.25, 0.3) is 0 Å². The predicted molar refractivity (Wildman–Crippen MR) is 231 cm³/mol. The highest BCUT2D eigenvalue weighted by molar-refractivity contribution is 5.71. The molecule has 2 saturated heterocycles. The van der Waals surface area contributed by atoms with E-state index in [-0.39, 0.29) is 38.0 Å². The van der Waals surface area contributed by atoms with E-state index in [9.17, 15) is 60.7 Å². The van der Waals surface area contributed by atoms with Crippen LogP contribution < -0.4 is 5.73 Å². The Bertz CT molecular complexity index is 1640. The van der Waals surface area contributed by atoms with E-state index in [1.807, 2.05) is 6.92 Å². The van der Waals surface area contributed by atoms with Crippen molar-refractivity contribution in [2.75, 3.05) is 0 Å². The quantitative estimate of drug-likeness (QED) is 0.179. The number of aliphatic hydroxyl groups is 9. The fourth-order valence-electron chi connectivity index (χ4n) is 7.72. The van der Waals surface area contributed by atoms with Gasteiger partial charge in [-0.15, -0.1) is 0 Å². The fourth-order valence-corrected chi connectivity index (χ4v) is 7.72. The first kappa shape index (κ1) is 54.9. The Hall–Kier alpha value is -3.47. The zero-order chi connectivity index (χ0) is 47.6. The lowest BCUT2D eigenvalue weighted by molar-refractivity contribution is -0.306. The zero-order valence-electron chi connectivity index (χ0n) is 36.6. The molecule has 17 nitrogen and oxygen atoms in total. The van der Waals surface area contributed by atoms with Crippen LogP contribution in [0.15, 0.2) is 85.1 Å². The van der Waals surface area contributed by atoms with Crippen molar-refractivity contribution in [3.8, 4) is 0 Å². The predicted octanol–water partition coefficient (Wildman–Crippen LogP) is 1.44. The molecule has 0 spiro atoms. The first-order valence-electron chi connectivity index (χ1n) is 21.9. The van der Waals surface area contributed by atoms with Crippen LogP contribution in [0.3, 0.4) is 0 Å². The molecule has 0 aromatic heterocycles. The van der Waals surface area contributed by atoms with E-state index in [0.717, 1.165) is 0 Å². The average molecular weight is 912 g/mol. The Balaban J connectivity index is 1.85. The summed E-state index contributed by atoms with van der Waals surface area (Å²) in [6.07, 6.45) is 2.15. The number of hydrogen-bond donors (Lipinski definition) is 11. The van der Waals surface area contributed by atoms with Crippen molar-refractivity contribution in [2.45, 2.75) is 176 Å². The molecule has 18 atom stereocenters. The molecule has 3 aliphatic heterocycles. The molecule has 0 radical (unpaired) electrons. The Morgan fingerprint density at radius 3 is 1.89 bits per heavy atom. The summed E-state index contributed by atoms with van der Waals surface area (Å²) in [4.78, 5) is 24.9. The molecule has 0 aromatic rings. The molecule has 0 aromatic carbocycles. The van der Waals surface area contributed by atoms with Crippen LogP contribution in [-0.4, -0.2) is 161 Å². The van der Waals surface area contributed by atoms with Gasteiger partial charge >= 0.3 is 11.9 Å². The summed E-state index contributed by atoms with van der Waals surface area (Å²) in [7, 11) is 0. The lowest BCUT2D eigenvalue weighted by Gasteiger charge is -2.45. The second kappa shape index (κ2) is 27.2. The number of carboxylic acids is 1.